The molecule has 0 saturated carbocycles. The Morgan fingerprint density at radius 2 is 2.05 bits per heavy atom. The Balaban J connectivity index is 1.97. The molecule has 1 aromatic rings. The fourth-order valence-corrected chi connectivity index (χ4v) is 2.76. The van der Waals surface area contributed by atoms with Crippen LogP contribution >= 0.6 is 0 Å². The predicted molar refractivity (Wildman–Crippen MR) is 67.5 cm³/mol. The Morgan fingerprint density at radius 3 is 2.74 bits per heavy atom. The average Bonchev–Trinajstić information content (AvgIpc) is 2.39. The largest absolute Gasteiger partial charge is 0.486 e. The molecule has 3 rings (SSSR count). The first-order valence-corrected chi connectivity index (χ1v) is 6.31. The molecule has 100 valence electrons. The molecule has 0 radical (unpaired) electrons. The smallest absolute Gasteiger partial charge is 0.270 e. The van der Waals surface area contributed by atoms with Gasteiger partial charge in [0.1, 0.15) is 11.4 Å². The lowest BCUT2D eigenvalue weighted by Crippen LogP contribution is -2.49. The van der Waals surface area contributed by atoms with Gasteiger partial charge in [-0.2, -0.15) is 0 Å². The summed E-state index contributed by atoms with van der Waals surface area (Å²) < 4.78 is 5.98. The van der Waals surface area contributed by atoms with Gasteiger partial charge in [0.15, 0.2) is 5.78 Å². The van der Waals surface area contributed by atoms with Crippen LogP contribution in [-0.2, 0) is 0 Å². The van der Waals surface area contributed by atoms with E-state index in [1.165, 1.54) is 18.2 Å². The van der Waals surface area contributed by atoms with Crippen molar-refractivity contribution in [1.29, 1.82) is 0 Å². The third-order valence-corrected chi connectivity index (χ3v) is 3.80. The van der Waals surface area contributed by atoms with Crippen LogP contribution in [0.1, 0.15) is 29.6 Å². The molecule has 1 fully saturated rings. The van der Waals surface area contributed by atoms with Crippen molar-refractivity contribution in [3.05, 3.63) is 33.9 Å². The summed E-state index contributed by atoms with van der Waals surface area (Å²) in [6, 6.07) is 4.23. The number of nitro groups is 1. The van der Waals surface area contributed by atoms with Gasteiger partial charge in [0.25, 0.3) is 5.69 Å². The Morgan fingerprint density at radius 1 is 1.32 bits per heavy atom. The van der Waals surface area contributed by atoms with Gasteiger partial charge in [-0.05, 0) is 19.2 Å². The van der Waals surface area contributed by atoms with E-state index in [-0.39, 0.29) is 11.5 Å². The number of ketones is 1. The van der Waals surface area contributed by atoms with Crippen molar-refractivity contribution in [2.24, 2.45) is 0 Å². The summed E-state index contributed by atoms with van der Waals surface area (Å²) in [6.07, 6.45) is 1.88. The number of carbonyl (C=O) groups is 1. The quantitative estimate of drug-likeness (QED) is 0.615. The van der Waals surface area contributed by atoms with Gasteiger partial charge in [-0.3, -0.25) is 14.9 Å². The summed E-state index contributed by atoms with van der Waals surface area (Å²) in [5, 5.41) is 14.0. The fraction of sp³-hybridized carbons (Fsp3) is 0.462. The van der Waals surface area contributed by atoms with E-state index in [2.05, 4.69) is 5.32 Å². The van der Waals surface area contributed by atoms with E-state index < -0.39 is 10.5 Å². The topological polar surface area (TPSA) is 81.5 Å². The number of benzene rings is 1. The number of carbonyl (C=O) groups excluding carboxylic acids is 1. The molecule has 0 amide bonds. The third kappa shape index (κ3) is 2.08. The van der Waals surface area contributed by atoms with Crippen molar-refractivity contribution in [1.82, 2.24) is 5.32 Å². The SMILES string of the molecule is O=C1CC2(CCNCC2)Oc2ccc([N+](=O)[O-])cc21. The normalized spacial score (nSPS) is 20.7. The van der Waals surface area contributed by atoms with Crippen LogP contribution < -0.4 is 10.1 Å². The molecule has 19 heavy (non-hydrogen) atoms. The fourth-order valence-electron chi connectivity index (χ4n) is 2.76. The van der Waals surface area contributed by atoms with Crippen LogP contribution in [0.15, 0.2) is 18.2 Å². The summed E-state index contributed by atoms with van der Waals surface area (Å²) in [5.41, 5.74) is -0.166. The van der Waals surface area contributed by atoms with E-state index in [9.17, 15) is 14.9 Å². The summed E-state index contributed by atoms with van der Waals surface area (Å²) in [6.45, 7) is 1.66. The van der Waals surface area contributed by atoms with Crippen molar-refractivity contribution in [3.8, 4) is 5.75 Å². The highest BCUT2D eigenvalue weighted by molar-refractivity contribution is 6.01. The Labute approximate surface area is 109 Å². The van der Waals surface area contributed by atoms with Gasteiger partial charge in [0, 0.05) is 25.0 Å². The number of nitrogens with one attached hydrogen (secondary N) is 1. The molecule has 1 N–H and O–H groups in total. The number of hydrogen-bond donors (Lipinski definition) is 1. The summed E-state index contributed by atoms with van der Waals surface area (Å²) in [4.78, 5) is 22.4. The summed E-state index contributed by atoms with van der Waals surface area (Å²) in [5.74, 6) is 0.413. The molecular weight excluding hydrogens is 248 g/mol. The summed E-state index contributed by atoms with van der Waals surface area (Å²) in [7, 11) is 0. The Bertz CT molecular complexity index is 550. The highest BCUT2D eigenvalue weighted by Crippen LogP contribution is 2.39. The maximum atomic E-state index is 12.2. The van der Waals surface area contributed by atoms with Crippen molar-refractivity contribution in [3.63, 3.8) is 0 Å². The van der Waals surface area contributed by atoms with Crippen LogP contribution in [0.2, 0.25) is 0 Å². The molecule has 6 heteroatoms. The molecule has 1 saturated heterocycles. The molecule has 0 unspecified atom stereocenters. The van der Waals surface area contributed by atoms with Crippen LogP contribution in [-0.4, -0.2) is 29.4 Å². The molecule has 6 nitrogen and oxygen atoms in total. The average molecular weight is 262 g/mol. The van der Waals surface area contributed by atoms with Crippen LogP contribution in [0.4, 0.5) is 5.69 Å². The number of rotatable bonds is 1. The minimum absolute atomic E-state index is 0.0631. The van der Waals surface area contributed by atoms with E-state index in [0.29, 0.717) is 17.7 Å². The third-order valence-electron chi connectivity index (χ3n) is 3.80. The van der Waals surface area contributed by atoms with Gasteiger partial charge in [-0.15, -0.1) is 0 Å². The number of nitro benzene ring substituents is 1. The van der Waals surface area contributed by atoms with Crippen LogP contribution in [0.3, 0.4) is 0 Å². The molecule has 1 spiro atoms. The zero-order valence-corrected chi connectivity index (χ0v) is 10.3. The van der Waals surface area contributed by atoms with E-state index in [4.69, 9.17) is 4.74 Å². The monoisotopic (exact) mass is 262 g/mol. The number of Topliss-reactive ketones (excluding diaryl/α,β-unsaturated/α-hetero) is 1. The van der Waals surface area contributed by atoms with Crippen molar-refractivity contribution < 1.29 is 14.5 Å². The van der Waals surface area contributed by atoms with Crippen molar-refractivity contribution in [2.45, 2.75) is 24.9 Å². The van der Waals surface area contributed by atoms with E-state index in [1.807, 2.05) is 0 Å². The van der Waals surface area contributed by atoms with Gasteiger partial charge in [-0.25, -0.2) is 0 Å². The van der Waals surface area contributed by atoms with E-state index in [0.717, 1.165) is 25.9 Å². The summed E-state index contributed by atoms with van der Waals surface area (Å²) >= 11 is 0. The predicted octanol–water partition coefficient (Wildman–Crippen LogP) is 1.68. The lowest BCUT2D eigenvalue weighted by Gasteiger charge is -2.40. The number of piperidine rings is 1. The number of non-ortho nitro benzene ring substituents is 1. The lowest BCUT2D eigenvalue weighted by molar-refractivity contribution is -0.384. The van der Waals surface area contributed by atoms with Crippen LogP contribution in [0.5, 0.6) is 5.75 Å². The van der Waals surface area contributed by atoms with Crippen LogP contribution in [0, 0.1) is 10.1 Å². The minimum atomic E-state index is -0.498. The molecule has 2 aliphatic heterocycles. The van der Waals surface area contributed by atoms with Gasteiger partial charge in [0.2, 0.25) is 0 Å². The second-order valence-corrected chi connectivity index (χ2v) is 5.07. The number of fused-ring (bicyclic) bond motifs is 1. The Hall–Kier alpha value is -1.95. The molecule has 0 aliphatic carbocycles. The standard InChI is InChI=1S/C13H14N2O4/c16-11-8-13(3-5-14-6-4-13)19-12-2-1-9(15(17)18)7-10(11)12/h1-2,7,14H,3-6,8H2. The second kappa shape index (κ2) is 4.31. The molecule has 2 aliphatic rings. The second-order valence-electron chi connectivity index (χ2n) is 5.07. The molecular formula is C13H14N2O4. The van der Waals surface area contributed by atoms with Gasteiger partial charge >= 0.3 is 0 Å². The van der Waals surface area contributed by atoms with Gasteiger partial charge in [-0.1, -0.05) is 0 Å². The van der Waals surface area contributed by atoms with E-state index >= 15 is 0 Å². The minimum Gasteiger partial charge on any atom is -0.486 e. The van der Waals surface area contributed by atoms with Crippen LogP contribution in [0.25, 0.3) is 0 Å². The first-order chi connectivity index (χ1) is 9.10. The zero-order chi connectivity index (χ0) is 13.5. The first kappa shape index (κ1) is 12.1. The van der Waals surface area contributed by atoms with Gasteiger partial charge < -0.3 is 10.1 Å². The highest BCUT2D eigenvalue weighted by Gasteiger charge is 2.41. The zero-order valence-electron chi connectivity index (χ0n) is 10.3. The first-order valence-electron chi connectivity index (χ1n) is 6.31. The number of nitrogens with zero attached hydrogens (tertiary/aromatic N) is 1. The number of hydrogen-bond acceptors (Lipinski definition) is 5. The molecule has 0 aromatic heterocycles. The molecule has 0 bridgehead atoms. The molecule has 2 heterocycles. The number of ether oxygens (including phenoxy) is 1. The molecule has 1 aromatic carbocycles. The Kier molecular flexibility index (Phi) is 2.74. The highest BCUT2D eigenvalue weighted by atomic mass is 16.6. The van der Waals surface area contributed by atoms with E-state index in [1.54, 1.807) is 0 Å². The lowest BCUT2D eigenvalue weighted by atomic mass is 9.83. The maximum Gasteiger partial charge on any atom is 0.270 e. The molecule has 0 atom stereocenters. The van der Waals surface area contributed by atoms with Crippen molar-refractivity contribution in [2.75, 3.05) is 13.1 Å². The van der Waals surface area contributed by atoms with Crippen molar-refractivity contribution >= 4 is 11.5 Å². The maximum absolute atomic E-state index is 12.2. The van der Waals surface area contributed by atoms with Gasteiger partial charge in [0.05, 0.1) is 16.9 Å².